The summed E-state index contributed by atoms with van der Waals surface area (Å²) in [6, 6.07) is 18.6. The molecule has 150 valence electrons. The molecule has 0 aliphatic carbocycles. The van der Waals surface area contributed by atoms with Gasteiger partial charge in [0.25, 0.3) is 0 Å². The Morgan fingerprint density at radius 2 is 1.86 bits per heavy atom. The van der Waals surface area contributed by atoms with Gasteiger partial charge in [-0.2, -0.15) is 0 Å². The lowest BCUT2D eigenvalue weighted by Gasteiger charge is -2.30. The fraction of sp³-hybridized carbons (Fsp3) is 0.458. The van der Waals surface area contributed by atoms with Gasteiger partial charge in [0.2, 0.25) is 5.91 Å². The van der Waals surface area contributed by atoms with E-state index in [2.05, 4.69) is 43.0 Å². The molecule has 0 aromatic heterocycles. The van der Waals surface area contributed by atoms with Crippen molar-refractivity contribution < 1.29 is 9.90 Å². The maximum absolute atomic E-state index is 12.7. The number of β-amino-alcohol motifs (C(OH)–C–C–N with tert-alkyl or cyclic N) is 1. The van der Waals surface area contributed by atoms with E-state index < -0.39 is 5.60 Å². The van der Waals surface area contributed by atoms with Crippen molar-refractivity contribution in [1.82, 2.24) is 9.80 Å². The lowest BCUT2D eigenvalue weighted by molar-refractivity contribution is -0.133. The summed E-state index contributed by atoms with van der Waals surface area (Å²) in [7, 11) is 1.81. The minimum absolute atomic E-state index is 0.0886. The molecule has 0 saturated carbocycles. The fourth-order valence-electron chi connectivity index (χ4n) is 4.24. The number of carbonyl (C=O) groups is 1. The van der Waals surface area contributed by atoms with E-state index in [9.17, 15) is 9.90 Å². The van der Waals surface area contributed by atoms with E-state index in [1.165, 1.54) is 16.7 Å². The topological polar surface area (TPSA) is 43.8 Å². The molecular formula is C24H32N2O2. The first-order valence-corrected chi connectivity index (χ1v) is 10.1. The Morgan fingerprint density at radius 3 is 2.57 bits per heavy atom. The van der Waals surface area contributed by atoms with Crippen LogP contribution in [-0.2, 0) is 11.3 Å². The van der Waals surface area contributed by atoms with Crippen LogP contribution in [0.25, 0.3) is 0 Å². The second-order valence-electron chi connectivity index (χ2n) is 8.38. The highest BCUT2D eigenvalue weighted by molar-refractivity contribution is 5.77. The fourth-order valence-corrected chi connectivity index (χ4v) is 4.24. The number of likely N-dealkylation sites (N-methyl/N-ethyl adjacent to an activating group) is 1. The Balaban J connectivity index is 1.52. The highest BCUT2D eigenvalue weighted by Crippen LogP contribution is 2.26. The van der Waals surface area contributed by atoms with Crippen molar-refractivity contribution in [3.8, 4) is 0 Å². The molecule has 2 aromatic rings. The first kappa shape index (κ1) is 20.6. The molecule has 1 fully saturated rings. The van der Waals surface area contributed by atoms with E-state index in [1.807, 2.05) is 37.4 Å². The normalized spacial score (nSPS) is 20.9. The van der Waals surface area contributed by atoms with Gasteiger partial charge < -0.3 is 10.0 Å². The van der Waals surface area contributed by atoms with Crippen molar-refractivity contribution in [2.45, 2.75) is 44.8 Å². The van der Waals surface area contributed by atoms with Gasteiger partial charge in [-0.15, -0.1) is 0 Å². The molecule has 2 atom stereocenters. The highest BCUT2D eigenvalue weighted by atomic mass is 16.3. The maximum Gasteiger partial charge on any atom is 0.223 e. The van der Waals surface area contributed by atoms with Crippen molar-refractivity contribution in [3.05, 3.63) is 71.3 Å². The molecule has 1 N–H and O–H groups in total. The SMILES string of the molecule is Cc1ccccc1[C@H](C)CC(=O)N(C)C[C@]1(O)CCN(Cc2ccccc2)C1. The van der Waals surface area contributed by atoms with Gasteiger partial charge in [0, 0.05) is 33.1 Å². The van der Waals surface area contributed by atoms with Crippen LogP contribution in [0.5, 0.6) is 0 Å². The Hall–Kier alpha value is -2.17. The molecule has 1 saturated heterocycles. The van der Waals surface area contributed by atoms with Crippen LogP contribution in [-0.4, -0.2) is 53.1 Å². The third-order valence-electron chi connectivity index (χ3n) is 5.82. The van der Waals surface area contributed by atoms with Gasteiger partial charge >= 0.3 is 0 Å². The van der Waals surface area contributed by atoms with Gasteiger partial charge in [-0.3, -0.25) is 9.69 Å². The zero-order valence-electron chi connectivity index (χ0n) is 17.3. The van der Waals surface area contributed by atoms with E-state index in [0.29, 0.717) is 25.9 Å². The number of amides is 1. The number of nitrogens with zero attached hydrogens (tertiary/aromatic N) is 2. The highest BCUT2D eigenvalue weighted by Gasteiger charge is 2.37. The average molecular weight is 381 g/mol. The summed E-state index contributed by atoms with van der Waals surface area (Å²) >= 11 is 0. The van der Waals surface area contributed by atoms with Crippen LogP contribution in [0.2, 0.25) is 0 Å². The van der Waals surface area contributed by atoms with Crippen LogP contribution in [0.4, 0.5) is 0 Å². The summed E-state index contributed by atoms with van der Waals surface area (Å²) in [5, 5.41) is 11.0. The van der Waals surface area contributed by atoms with Gasteiger partial charge in [0.1, 0.15) is 0 Å². The molecule has 4 nitrogen and oxygen atoms in total. The monoisotopic (exact) mass is 380 g/mol. The number of benzene rings is 2. The maximum atomic E-state index is 12.7. The van der Waals surface area contributed by atoms with Crippen molar-refractivity contribution in [3.63, 3.8) is 0 Å². The Labute approximate surface area is 168 Å². The first-order valence-electron chi connectivity index (χ1n) is 10.1. The van der Waals surface area contributed by atoms with Gasteiger partial charge in [0.15, 0.2) is 0 Å². The summed E-state index contributed by atoms with van der Waals surface area (Å²) < 4.78 is 0. The van der Waals surface area contributed by atoms with Gasteiger partial charge in [-0.05, 0) is 36.0 Å². The summed E-state index contributed by atoms with van der Waals surface area (Å²) in [5.41, 5.74) is 2.86. The minimum atomic E-state index is -0.828. The molecule has 2 aromatic carbocycles. The van der Waals surface area contributed by atoms with E-state index in [1.54, 1.807) is 4.90 Å². The van der Waals surface area contributed by atoms with Crippen molar-refractivity contribution in [2.75, 3.05) is 26.7 Å². The van der Waals surface area contributed by atoms with Crippen LogP contribution in [0.3, 0.4) is 0 Å². The third-order valence-corrected chi connectivity index (χ3v) is 5.82. The Bertz CT molecular complexity index is 792. The minimum Gasteiger partial charge on any atom is -0.387 e. The number of hydrogen-bond donors (Lipinski definition) is 1. The lowest BCUT2D eigenvalue weighted by atomic mass is 9.93. The molecule has 0 radical (unpaired) electrons. The predicted octanol–water partition coefficient (Wildman–Crippen LogP) is 3.58. The number of aliphatic hydroxyl groups is 1. The first-order chi connectivity index (χ1) is 13.4. The molecule has 1 aliphatic heterocycles. The van der Waals surface area contributed by atoms with E-state index in [4.69, 9.17) is 0 Å². The second-order valence-corrected chi connectivity index (χ2v) is 8.38. The number of carbonyl (C=O) groups excluding carboxylic acids is 1. The number of aryl methyl sites for hydroxylation is 1. The van der Waals surface area contributed by atoms with Crippen LogP contribution in [0, 0.1) is 6.92 Å². The zero-order valence-corrected chi connectivity index (χ0v) is 17.3. The van der Waals surface area contributed by atoms with E-state index >= 15 is 0 Å². The molecule has 1 amide bonds. The Morgan fingerprint density at radius 1 is 1.18 bits per heavy atom. The number of likely N-dealkylation sites (tertiary alicyclic amines) is 1. The van der Waals surface area contributed by atoms with Gasteiger partial charge in [-0.1, -0.05) is 61.5 Å². The predicted molar refractivity (Wildman–Crippen MR) is 113 cm³/mol. The Kier molecular flexibility index (Phi) is 6.53. The molecule has 4 heteroatoms. The smallest absolute Gasteiger partial charge is 0.223 e. The summed E-state index contributed by atoms with van der Waals surface area (Å²) in [5.74, 6) is 0.259. The van der Waals surface area contributed by atoms with Gasteiger partial charge in [0.05, 0.1) is 12.1 Å². The van der Waals surface area contributed by atoms with Crippen LogP contribution in [0.1, 0.15) is 42.4 Å². The molecule has 0 bridgehead atoms. The average Bonchev–Trinajstić information content (AvgIpc) is 3.03. The molecule has 1 aliphatic rings. The van der Waals surface area contributed by atoms with Gasteiger partial charge in [-0.25, -0.2) is 0 Å². The van der Waals surface area contributed by atoms with Crippen molar-refractivity contribution >= 4 is 5.91 Å². The number of hydrogen-bond acceptors (Lipinski definition) is 3. The van der Waals surface area contributed by atoms with Crippen LogP contribution in [0.15, 0.2) is 54.6 Å². The second kappa shape index (κ2) is 8.89. The summed E-state index contributed by atoms with van der Waals surface area (Å²) in [6.45, 7) is 6.87. The third kappa shape index (κ3) is 5.21. The van der Waals surface area contributed by atoms with E-state index in [0.717, 1.165) is 13.1 Å². The lowest BCUT2D eigenvalue weighted by Crippen LogP contribution is -2.45. The quantitative estimate of drug-likeness (QED) is 0.798. The molecule has 0 unspecified atom stereocenters. The largest absolute Gasteiger partial charge is 0.387 e. The number of rotatable bonds is 7. The molecule has 28 heavy (non-hydrogen) atoms. The van der Waals surface area contributed by atoms with Crippen molar-refractivity contribution in [1.29, 1.82) is 0 Å². The standard InChI is InChI=1S/C24H32N2O2/c1-19-9-7-8-12-22(19)20(2)15-23(27)25(3)17-24(28)13-14-26(18-24)16-21-10-5-4-6-11-21/h4-12,20,28H,13-18H2,1-3H3/t20-,24-/m1/s1. The molecule has 1 heterocycles. The molecule has 3 rings (SSSR count). The summed E-state index contributed by atoms with van der Waals surface area (Å²) in [4.78, 5) is 16.7. The molecule has 0 spiro atoms. The molecular weight excluding hydrogens is 348 g/mol. The van der Waals surface area contributed by atoms with Crippen LogP contribution < -0.4 is 0 Å². The van der Waals surface area contributed by atoms with Crippen molar-refractivity contribution in [2.24, 2.45) is 0 Å². The zero-order chi connectivity index (χ0) is 20.1. The van der Waals surface area contributed by atoms with Crippen LogP contribution >= 0.6 is 0 Å². The van der Waals surface area contributed by atoms with E-state index in [-0.39, 0.29) is 11.8 Å². The summed E-state index contributed by atoms with van der Waals surface area (Å²) in [6.07, 6.45) is 1.16.